The van der Waals surface area contributed by atoms with Gasteiger partial charge in [0.1, 0.15) is 0 Å². The summed E-state index contributed by atoms with van der Waals surface area (Å²) in [4.78, 5) is 0. The quantitative estimate of drug-likeness (QED) is 0.287. The topological polar surface area (TPSA) is 52.0 Å². The van der Waals surface area contributed by atoms with E-state index in [1.165, 1.54) is 10.8 Å². The number of anilines is 2. The Bertz CT molecular complexity index is 1320. The zero-order chi connectivity index (χ0) is 17.1. The third kappa shape index (κ3) is 2.02. The van der Waals surface area contributed by atoms with E-state index >= 15 is 0 Å². The van der Waals surface area contributed by atoms with Gasteiger partial charge in [-0.1, -0.05) is 24.3 Å². The Hall–Kier alpha value is -3.33. The van der Waals surface area contributed by atoms with Crippen molar-refractivity contribution in [1.82, 2.24) is 0 Å². The van der Waals surface area contributed by atoms with Crippen LogP contribution in [0.15, 0.2) is 66.7 Å². The molecule has 0 radical (unpaired) electrons. The number of benzene rings is 5. The number of hydrogen-bond donors (Lipinski definition) is 2. The highest BCUT2D eigenvalue weighted by Crippen LogP contribution is 2.34. The van der Waals surface area contributed by atoms with Gasteiger partial charge < -0.3 is 11.5 Å². The molecule has 0 saturated carbocycles. The van der Waals surface area contributed by atoms with Gasteiger partial charge >= 0.3 is 0 Å². The number of halogens is 1. The molecule has 0 spiro atoms. The second kappa shape index (κ2) is 4.84. The van der Waals surface area contributed by atoms with Crippen molar-refractivity contribution >= 4 is 54.5 Å². The zero-order valence-corrected chi connectivity index (χ0v) is 13.4. The summed E-state index contributed by atoms with van der Waals surface area (Å²) in [6, 6.07) is 22.4. The minimum absolute atomic E-state index is 0.0126. The predicted octanol–water partition coefficient (Wildman–Crippen LogP) is 5.60. The average Bonchev–Trinajstić information content (AvgIpc) is 2.62. The van der Waals surface area contributed by atoms with E-state index < -0.39 is 5.82 Å². The third-order valence-electron chi connectivity index (χ3n) is 4.92. The summed E-state index contributed by atoms with van der Waals surface area (Å²) in [5, 5.41) is 7.99. The van der Waals surface area contributed by atoms with E-state index in [0.717, 1.165) is 26.9 Å². The van der Waals surface area contributed by atoms with E-state index in [9.17, 15) is 4.39 Å². The lowest BCUT2D eigenvalue weighted by Gasteiger charge is -2.10. The highest BCUT2D eigenvalue weighted by Gasteiger charge is 2.10. The Labute approximate surface area is 143 Å². The number of rotatable bonds is 0. The molecule has 0 bridgehead atoms. The molecule has 5 rings (SSSR count). The van der Waals surface area contributed by atoms with Crippen LogP contribution < -0.4 is 11.5 Å². The molecule has 0 aliphatic heterocycles. The van der Waals surface area contributed by atoms with Crippen molar-refractivity contribution < 1.29 is 4.39 Å². The lowest BCUT2D eigenvalue weighted by Crippen LogP contribution is -1.98. The molecule has 0 saturated heterocycles. The summed E-state index contributed by atoms with van der Waals surface area (Å²) in [5.74, 6) is -0.449. The number of nitrogen functional groups attached to an aromatic ring is 2. The molecule has 25 heavy (non-hydrogen) atoms. The van der Waals surface area contributed by atoms with Gasteiger partial charge in [-0.05, 0) is 80.2 Å². The summed E-state index contributed by atoms with van der Waals surface area (Å²) < 4.78 is 14.5. The summed E-state index contributed by atoms with van der Waals surface area (Å²) >= 11 is 0. The largest absolute Gasteiger partial charge is 0.397 e. The van der Waals surface area contributed by atoms with Crippen molar-refractivity contribution in [3.8, 4) is 0 Å². The lowest BCUT2D eigenvalue weighted by atomic mass is 9.97. The van der Waals surface area contributed by atoms with E-state index in [4.69, 9.17) is 11.5 Å². The summed E-state index contributed by atoms with van der Waals surface area (Å²) in [6.45, 7) is 0. The van der Waals surface area contributed by atoms with E-state index in [1.807, 2.05) is 24.3 Å². The minimum Gasteiger partial charge on any atom is -0.397 e. The third-order valence-corrected chi connectivity index (χ3v) is 4.92. The predicted molar refractivity (Wildman–Crippen MR) is 105 cm³/mol. The molecule has 0 atom stereocenters. The highest BCUT2D eigenvalue weighted by atomic mass is 19.1. The first kappa shape index (κ1) is 14.1. The Morgan fingerprint density at radius 2 is 1.04 bits per heavy atom. The van der Waals surface area contributed by atoms with Gasteiger partial charge in [-0.3, -0.25) is 0 Å². The van der Waals surface area contributed by atoms with Gasteiger partial charge in [0, 0.05) is 5.39 Å². The maximum atomic E-state index is 14.5. The smallest absolute Gasteiger partial charge is 0.156 e. The molecule has 0 aliphatic rings. The second-order valence-corrected chi connectivity index (χ2v) is 6.51. The fraction of sp³-hybridized carbons (Fsp3) is 0. The van der Waals surface area contributed by atoms with Crippen molar-refractivity contribution in [3.05, 3.63) is 72.5 Å². The van der Waals surface area contributed by atoms with Crippen LogP contribution in [-0.2, 0) is 0 Å². The molecule has 0 aliphatic carbocycles. The second-order valence-electron chi connectivity index (χ2n) is 6.51. The van der Waals surface area contributed by atoms with Gasteiger partial charge in [-0.15, -0.1) is 0 Å². The number of hydrogen-bond acceptors (Lipinski definition) is 2. The Balaban J connectivity index is 1.91. The maximum absolute atomic E-state index is 14.5. The van der Waals surface area contributed by atoms with Crippen LogP contribution in [-0.4, -0.2) is 0 Å². The van der Waals surface area contributed by atoms with E-state index in [1.54, 1.807) is 6.07 Å². The van der Waals surface area contributed by atoms with Gasteiger partial charge in [-0.2, -0.15) is 0 Å². The number of nitrogens with two attached hydrogens (primary N) is 2. The van der Waals surface area contributed by atoms with E-state index in [0.29, 0.717) is 5.39 Å². The molecule has 0 heterocycles. The van der Waals surface area contributed by atoms with Crippen LogP contribution in [0.1, 0.15) is 0 Å². The summed E-state index contributed by atoms with van der Waals surface area (Å²) in [6.07, 6.45) is 0. The van der Waals surface area contributed by atoms with Crippen molar-refractivity contribution in [2.45, 2.75) is 0 Å². The van der Waals surface area contributed by atoms with Crippen molar-refractivity contribution in [2.24, 2.45) is 0 Å². The van der Waals surface area contributed by atoms with Crippen LogP contribution in [0.25, 0.3) is 43.1 Å². The molecule has 5 aromatic rings. The summed E-state index contributed by atoms with van der Waals surface area (Å²) in [7, 11) is 0. The molecule has 2 nitrogen and oxygen atoms in total. The lowest BCUT2D eigenvalue weighted by molar-refractivity contribution is 0.645. The molecule has 0 aromatic heterocycles. The van der Waals surface area contributed by atoms with E-state index in [2.05, 4.69) is 36.4 Å². The first-order valence-electron chi connectivity index (χ1n) is 8.14. The SMILES string of the molecule is Nc1cc2cc3cc4cc5ccccc5cc4cc3cc2c(F)c1N. The average molecular weight is 326 g/mol. The minimum atomic E-state index is -0.449. The van der Waals surface area contributed by atoms with Crippen molar-refractivity contribution in [3.63, 3.8) is 0 Å². The monoisotopic (exact) mass is 326 g/mol. The Morgan fingerprint density at radius 3 is 1.64 bits per heavy atom. The molecular formula is C22H15FN2. The van der Waals surface area contributed by atoms with Crippen molar-refractivity contribution in [2.75, 3.05) is 11.5 Å². The molecule has 120 valence electrons. The van der Waals surface area contributed by atoms with Gasteiger partial charge in [0.15, 0.2) is 5.82 Å². The maximum Gasteiger partial charge on any atom is 0.156 e. The molecule has 0 unspecified atom stereocenters. The molecule has 0 amide bonds. The molecule has 3 heteroatoms. The number of fused-ring (bicyclic) bond motifs is 4. The van der Waals surface area contributed by atoms with Crippen LogP contribution in [0.2, 0.25) is 0 Å². The zero-order valence-electron chi connectivity index (χ0n) is 13.4. The van der Waals surface area contributed by atoms with Crippen LogP contribution in [0, 0.1) is 5.82 Å². The molecule has 5 aromatic carbocycles. The molecular weight excluding hydrogens is 311 g/mol. The first-order chi connectivity index (χ1) is 12.1. The van der Waals surface area contributed by atoms with Crippen LogP contribution >= 0.6 is 0 Å². The normalized spacial score (nSPS) is 11.7. The van der Waals surface area contributed by atoms with Gasteiger partial charge in [0.05, 0.1) is 11.4 Å². The van der Waals surface area contributed by atoms with Crippen LogP contribution in [0.4, 0.5) is 15.8 Å². The van der Waals surface area contributed by atoms with Gasteiger partial charge in [-0.25, -0.2) is 4.39 Å². The fourth-order valence-electron chi connectivity index (χ4n) is 3.59. The van der Waals surface area contributed by atoms with Crippen LogP contribution in [0.5, 0.6) is 0 Å². The fourth-order valence-corrected chi connectivity index (χ4v) is 3.59. The molecule has 4 N–H and O–H groups in total. The van der Waals surface area contributed by atoms with Gasteiger partial charge in [0.25, 0.3) is 0 Å². The van der Waals surface area contributed by atoms with Crippen LogP contribution in [0.3, 0.4) is 0 Å². The van der Waals surface area contributed by atoms with E-state index in [-0.39, 0.29) is 11.4 Å². The van der Waals surface area contributed by atoms with Gasteiger partial charge in [0.2, 0.25) is 0 Å². The first-order valence-corrected chi connectivity index (χ1v) is 8.14. The highest BCUT2D eigenvalue weighted by molar-refractivity contribution is 6.09. The molecule has 0 fully saturated rings. The Morgan fingerprint density at radius 1 is 0.560 bits per heavy atom. The summed E-state index contributed by atoms with van der Waals surface area (Å²) in [5.41, 5.74) is 11.9. The standard InChI is InChI=1S/C22H15FN2/c23-21-19-10-17-8-15-6-13-4-2-1-3-12(13)5-14(15)7-16(17)9-18(19)11-20(24)22(21)25/h1-11H,24-25H2. The van der Waals surface area contributed by atoms with Crippen molar-refractivity contribution in [1.29, 1.82) is 0 Å². The Kier molecular flexibility index (Phi) is 2.72.